The largest absolute Gasteiger partial charge is 0.291 e. The Kier molecular flexibility index (Phi) is 4.66. The van der Waals surface area contributed by atoms with Gasteiger partial charge in [0.05, 0.1) is 0 Å². The van der Waals surface area contributed by atoms with Crippen molar-refractivity contribution in [1.82, 2.24) is 4.90 Å². The fraction of sp³-hybridized carbons (Fsp3) is 0.412. The van der Waals surface area contributed by atoms with Crippen molar-refractivity contribution in [3.8, 4) is 0 Å². The predicted molar refractivity (Wildman–Crippen MR) is 82.3 cm³/mol. The van der Waals surface area contributed by atoms with Crippen molar-refractivity contribution >= 4 is 11.3 Å². The maximum Gasteiger partial charge on any atom is 0.163 e. The summed E-state index contributed by atoms with van der Waals surface area (Å²) in [4.78, 5) is 3.63. The minimum Gasteiger partial charge on any atom is -0.291 e. The lowest BCUT2D eigenvalue weighted by atomic mass is 10.1. The van der Waals surface area contributed by atoms with Crippen LogP contribution in [0.4, 0.5) is 8.78 Å². The smallest absolute Gasteiger partial charge is 0.163 e. The number of hydrogen-bond donors (Lipinski definition) is 0. The monoisotopic (exact) mass is 307 g/mol. The van der Waals surface area contributed by atoms with Gasteiger partial charge in [-0.1, -0.05) is 31.0 Å². The van der Waals surface area contributed by atoms with E-state index in [9.17, 15) is 8.78 Å². The van der Waals surface area contributed by atoms with Crippen molar-refractivity contribution in [2.75, 3.05) is 6.54 Å². The Morgan fingerprint density at radius 2 is 2.00 bits per heavy atom. The van der Waals surface area contributed by atoms with E-state index in [2.05, 4.69) is 22.4 Å². The molecule has 0 amide bonds. The number of halogens is 2. The first kappa shape index (κ1) is 14.7. The van der Waals surface area contributed by atoms with Crippen LogP contribution in [0.2, 0.25) is 0 Å². The molecule has 3 rings (SSSR count). The lowest BCUT2D eigenvalue weighted by molar-refractivity contribution is 0.192. The Morgan fingerprint density at radius 3 is 2.81 bits per heavy atom. The summed E-state index contributed by atoms with van der Waals surface area (Å²) in [6, 6.07) is 9.00. The summed E-state index contributed by atoms with van der Waals surface area (Å²) in [5.74, 6) is -1.46. The molecular formula is C17H19F2NS. The van der Waals surface area contributed by atoms with Gasteiger partial charge in [-0.05, 0) is 36.9 Å². The van der Waals surface area contributed by atoms with Crippen molar-refractivity contribution < 1.29 is 8.78 Å². The van der Waals surface area contributed by atoms with Crippen molar-refractivity contribution in [1.29, 1.82) is 0 Å². The van der Waals surface area contributed by atoms with Crippen molar-refractivity contribution in [2.45, 2.75) is 38.3 Å². The normalized spacial score (nSPS) is 20.4. The average molecular weight is 307 g/mol. The number of thiophene rings is 1. The first-order chi connectivity index (χ1) is 10.3. The lowest BCUT2D eigenvalue weighted by Gasteiger charge is -2.29. The second kappa shape index (κ2) is 6.67. The fourth-order valence-electron chi connectivity index (χ4n) is 3.05. The molecule has 0 bridgehead atoms. The molecule has 0 saturated carbocycles. The Morgan fingerprint density at radius 1 is 1.10 bits per heavy atom. The van der Waals surface area contributed by atoms with E-state index in [1.807, 2.05) is 0 Å². The summed E-state index contributed by atoms with van der Waals surface area (Å²) in [6.07, 6.45) is 4.63. The van der Waals surface area contributed by atoms with Crippen LogP contribution >= 0.6 is 11.3 Å². The molecule has 1 atom stereocenters. The molecule has 112 valence electrons. The molecule has 1 fully saturated rings. The molecule has 1 aromatic carbocycles. The van der Waals surface area contributed by atoms with Gasteiger partial charge in [0.1, 0.15) is 0 Å². The summed E-state index contributed by atoms with van der Waals surface area (Å²) in [7, 11) is 0. The fourth-order valence-corrected chi connectivity index (χ4v) is 3.94. The summed E-state index contributed by atoms with van der Waals surface area (Å²) in [6.45, 7) is 1.42. The van der Waals surface area contributed by atoms with Crippen LogP contribution in [0.15, 0.2) is 35.7 Å². The van der Waals surface area contributed by atoms with Gasteiger partial charge in [0.25, 0.3) is 0 Å². The van der Waals surface area contributed by atoms with E-state index in [4.69, 9.17) is 0 Å². The molecule has 0 aliphatic carbocycles. The van der Waals surface area contributed by atoms with E-state index in [0.29, 0.717) is 18.2 Å². The van der Waals surface area contributed by atoms with Gasteiger partial charge < -0.3 is 0 Å². The van der Waals surface area contributed by atoms with Crippen molar-refractivity contribution in [3.05, 3.63) is 57.8 Å². The second-order valence-corrected chi connectivity index (χ2v) is 6.54. The number of hydrogen-bond acceptors (Lipinski definition) is 2. The molecule has 1 nitrogen and oxygen atoms in total. The summed E-state index contributed by atoms with van der Waals surface area (Å²) in [5, 5.41) is 2.08. The highest BCUT2D eigenvalue weighted by atomic mass is 32.1. The van der Waals surface area contributed by atoms with Gasteiger partial charge in [0.15, 0.2) is 11.6 Å². The van der Waals surface area contributed by atoms with Crippen LogP contribution in [-0.4, -0.2) is 11.4 Å². The molecule has 0 radical (unpaired) electrons. The van der Waals surface area contributed by atoms with Crippen LogP contribution in [0, 0.1) is 11.6 Å². The van der Waals surface area contributed by atoms with E-state index < -0.39 is 11.6 Å². The molecule has 21 heavy (non-hydrogen) atoms. The van der Waals surface area contributed by atoms with Gasteiger partial charge >= 0.3 is 0 Å². The quantitative estimate of drug-likeness (QED) is 0.758. The molecule has 1 aliphatic heterocycles. The zero-order valence-corrected chi connectivity index (χ0v) is 12.7. The van der Waals surface area contributed by atoms with Crippen LogP contribution < -0.4 is 0 Å². The Hall–Kier alpha value is -1.26. The number of benzene rings is 1. The molecule has 0 N–H and O–H groups in total. The molecule has 4 heteroatoms. The molecule has 1 aromatic heterocycles. The third kappa shape index (κ3) is 3.33. The van der Waals surface area contributed by atoms with Crippen molar-refractivity contribution in [2.24, 2.45) is 0 Å². The van der Waals surface area contributed by atoms with E-state index in [0.717, 1.165) is 19.4 Å². The average Bonchev–Trinajstić information content (AvgIpc) is 2.91. The van der Waals surface area contributed by atoms with Crippen LogP contribution in [0.5, 0.6) is 0 Å². The van der Waals surface area contributed by atoms with Gasteiger partial charge in [-0.15, -0.1) is 11.3 Å². The highest BCUT2D eigenvalue weighted by Gasteiger charge is 2.24. The van der Waals surface area contributed by atoms with Crippen LogP contribution in [0.25, 0.3) is 0 Å². The number of rotatable bonds is 3. The molecular weight excluding hydrogens is 288 g/mol. The Balaban J connectivity index is 1.84. The van der Waals surface area contributed by atoms with Gasteiger partial charge in [0, 0.05) is 23.0 Å². The maximum absolute atomic E-state index is 13.9. The first-order valence-electron chi connectivity index (χ1n) is 7.46. The Labute approximate surface area is 128 Å². The van der Waals surface area contributed by atoms with Crippen molar-refractivity contribution in [3.63, 3.8) is 0 Å². The summed E-state index contributed by atoms with van der Waals surface area (Å²) >= 11 is 1.75. The molecule has 2 aromatic rings. The van der Waals surface area contributed by atoms with Gasteiger partial charge in [0.2, 0.25) is 0 Å². The topological polar surface area (TPSA) is 3.24 Å². The third-order valence-corrected chi connectivity index (χ3v) is 5.11. The molecule has 0 spiro atoms. The lowest BCUT2D eigenvalue weighted by Crippen LogP contribution is -2.28. The zero-order chi connectivity index (χ0) is 14.7. The zero-order valence-electron chi connectivity index (χ0n) is 11.9. The number of likely N-dealkylation sites (tertiary alicyclic amines) is 1. The van der Waals surface area contributed by atoms with E-state index in [-0.39, 0.29) is 0 Å². The SMILES string of the molecule is Fc1cccc(CN2CCCCC[C@H]2c2cccs2)c1F. The van der Waals surface area contributed by atoms with E-state index in [1.54, 1.807) is 23.5 Å². The van der Waals surface area contributed by atoms with Gasteiger partial charge in [-0.3, -0.25) is 4.90 Å². The summed E-state index contributed by atoms with van der Waals surface area (Å²) < 4.78 is 27.3. The maximum atomic E-state index is 13.9. The van der Waals surface area contributed by atoms with Gasteiger partial charge in [-0.2, -0.15) is 0 Å². The first-order valence-corrected chi connectivity index (χ1v) is 8.34. The highest BCUT2D eigenvalue weighted by molar-refractivity contribution is 7.10. The van der Waals surface area contributed by atoms with Gasteiger partial charge in [-0.25, -0.2) is 8.78 Å². The standard InChI is InChI=1S/C17H19F2NS/c18-14-7-4-6-13(17(14)19)12-20-10-3-1-2-8-15(20)16-9-5-11-21-16/h4-7,9,11,15H,1-3,8,10,12H2/t15-/m0/s1. The van der Waals surface area contributed by atoms with E-state index >= 15 is 0 Å². The van der Waals surface area contributed by atoms with Crippen LogP contribution in [-0.2, 0) is 6.54 Å². The molecule has 0 unspecified atom stereocenters. The minimum atomic E-state index is -0.755. The van der Waals surface area contributed by atoms with Crippen LogP contribution in [0.3, 0.4) is 0 Å². The highest BCUT2D eigenvalue weighted by Crippen LogP contribution is 2.34. The minimum absolute atomic E-state index is 0.329. The molecule has 1 saturated heterocycles. The number of nitrogens with zero attached hydrogens (tertiary/aromatic N) is 1. The van der Waals surface area contributed by atoms with E-state index in [1.165, 1.54) is 23.8 Å². The summed E-state index contributed by atoms with van der Waals surface area (Å²) in [5.41, 5.74) is 0.457. The predicted octanol–water partition coefficient (Wildman–Crippen LogP) is 5.14. The Bertz CT molecular complexity index is 582. The molecule has 2 heterocycles. The van der Waals surface area contributed by atoms with Crippen LogP contribution in [0.1, 0.15) is 42.2 Å². The third-order valence-electron chi connectivity index (χ3n) is 4.14. The molecule has 1 aliphatic rings. The second-order valence-electron chi connectivity index (χ2n) is 5.56.